The minimum absolute atomic E-state index is 0.0465. The normalized spacial score (nSPS) is 17.8. The number of nitrogens with zero attached hydrogens (tertiary/aromatic N) is 2. The highest BCUT2D eigenvalue weighted by atomic mass is 35.5. The van der Waals surface area contributed by atoms with Gasteiger partial charge in [0, 0.05) is 22.2 Å². The van der Waals surface area contributed by atoms with Crippen molar-refractivity contribution in [3.8, 4) is 11.5 Å². The molecule has 3 aromatic rings. The van der Waals surface area contributed by atoms with Gasteiger partial charge in [0.05, 0.1) is 25.8 Å². The number of carbonyl (C=O) groups is 2. The Balaban J connectivity index is 1.94. The maximum atomic E-state index is 13.0. The number of thiazole rings is 1. The first-order valence-corrected chi connectivity index (χ1v) is 10.4. The van der Waals surface area contributed by atoms with Crippen LogP contribution >= 0.6 is 22.9 Å². The molecule has 158 valence electrons. The van der Waals surface area contributed by atoms with E-state index in [9.17, 15) is 14.7 Å². The van der Waals surface area contributed by atoms with Crippen LogP contribution in [0.4, 0.5) is 5.13 Å². The van der Waals surface area contributed by atoms with Crippen molar-refractivity contribution in [1.82, 2.24) is 4.98 Å². The molecule has 4 rings (SSSR count). The van der Waals surface area contributed by atoms with Crippen molar-refractivity contribution in [2.75, 3.05) is 19.1 Å². The van der Waals surface area contributed by atoms with E-state index in [-0.39, 0.29) is 11.3 Å². The zero-order chi connectivity index (χ0) is 22.1. The molecule has 9 heteroatoms. The van der Waals surface area contributed by atoms with Crippen LogP contribution in [0.5, 0.6) is 11.5 Å². The number of amides is 1. The van der Waals surface area contributed by atoms with Crippen molar-refractivity contribution in [1.29, 1.82) is 0 Å². The Morgan fingerprint density at radius 2 is 1.81 bits per heavy atom. The van der Waals surface area contributed by atoms with Crippen LogP contribution in [0.2, 0.25) is 5.02 Å². The largest absolute Gasteiger partial charge is 0.507 e. The van der Waals surface area contributed by atoms with E-state index < -0.39 is 17.7 Å². The van der Waals surface area contributed by atoms with Gasteiger partial charge in [-0.15, -0.1) is 11.3 Å². The first-order chi connectivity index (χ1) is 15.0. The maximum Gasteiger partial charge on any atom is 0.301 e. The molecule has 1 aromatic heterocycles. The summed E-state index contributed by atoms with van der Waals surface area (Å²) in [4.78, 5) is 31.5. The van der Waals surface area contributed by atoms with Gasteiger partial charge in [-0.1, -0.05) is 17.7 Å². The first-order valence-electron chi connectivity index (χ1n) is 9.14. The fourth-order valence-corrected chi connectivity index (χ4v) is 4.26. The van der Waals surface area contributed by atoms with Gasteiger partial charge in [0.15, 0.2) is 16.6 Å². The number of benzene rings is 2. The van der Waals surface area contributed by atoms with E-state index in [4.69, 9.17) is 21.1 Å². The Hall–Kier alpha value is -3.36. The third-order valence-electron chi connectivity index (χ3n) is 4.91. The molecule has 1 fully saturated rings. The van der Waals surface area contributed by atoms with Crippen molar-refractivity contribution in [3.05, 3.63) is 75.8 Å². The first kappa shape index (κ1) is 20.9. The Morgan fingerprint density at radius 1 is 1.10 bits per heavy atom. The number of methoxy groups -OCH3 is 2. The van der Waals surface area contributed by atoms with Crippen LogP contribution in [0.25, 0.3) is 5.76 Å². The molecule has 1 aliphatic rings. The summed E-state index contributed by atoms with van der Waals surface area (Å²) in [5, 5.41) is 13.6. The minimum Gasteiger partial charge on any atom is -0.507 e. The smallest absolute Gasteiger partial charge is 0.301 e. The van der Waals surface area contributed by atoms with Gasteiger partial charge in [0.25, 0.3) is 5.78 Å². The number of Topliss-reactive ketones (excluding diaryl/α,β-unsaturated/α-hetero) is 1. The number of rotatable bonds is 5. The highest BCUT2D eigenvalue weighted by Crippen LogP contribution is 2.44. The van der Waals surface area contributed by atoms with Gasteiger partial charge in [0.1, 0.15) is 5.76 Å². The monoisotopic (exact) mass is 456 g/mol. The molecule has 0 spiro atoms. The highest BCUT2D eigenvalue weighted by Gasteiger charge is 2.48. The molecule has 2 aromatic carbocycles. The van der Waals surface area contributed by atoms with Gasteiger partial charge in [-0.3, -0.25) is 14.5 Å². The number of carbonyl (C=O) groups excluding carboxylic acids is 2. The van der Waals surface area contributed by atoms with Crippen LogP contribution in [0, 0.1) is 0 Å². The summed E-state index contributed by atoms with van der Waals surface area (Å²) in [6.07, 6.45) is 1.55. The summed E-state index contributed by atoms with van der Waals surface area (Å²) in [6, 6.07) is 10.5. The molecule has 7 nitrogen and oxygen atoms in total. The lowest BCUT2D eigenvalue weighted by Gasteiger charge is -2.23. The number of aliphatic hydroxyl groups is 1. The molecule has 1 atom stereocenters. The molecule has 1 aliphatic heterocycles. The van der Waals surface area contributed by atoms with Crippen LogP contribution < -0.4 is 14.4 Å². The zero-order valence-corrected chi connectivity index (χ0v) is 18.1. The van der Waals surface area contributed by atoms with Crippen molar-refractivity contribution in [2.45, 2.75) is 6.04 Å². The van der Waals surface area contributed by atoms with E-state index in [1.54, 1.807) is 54.0 Å². The Morgan fingerprint density at radius 3 is 2.42 bits per heavy atom. The van der Waals surface area contributed by atoms with Crippen molar-refractivity contribution in [3.63, 3.8) is 0 Å². The SMILES string of the molecule is COc1ccc(C2/C(=C(/O)c3ccc(Cl)cc3)C(=O)C(=O)N2c2nccs2)cc1OC. The van der Waals surface area contributed by atoms with Crippen molar-refractivity contribution >= 4 is 45.5 Å². The number of ether oxygens (including phenoxy) is 2. The Kier molecular flexibility index (Phi) is 5.67. The predicted octanol–water partition coefficient (Wildman–Crippen LogP) is 4.44. The average Bonchev–Trinajstić information content (AvgIpc) is 3.40. The molecular formula is C22H17ClN2O5S. The topological polar surface area (TPSA) is 89.0 Å². The van der Waals surface area contributed by atoms with E-state index >= 15 is 0 Å². The van der Waals surface area contributed by atoms with E-state index in [0.29, 0.717) is 32.8 Å². The molecule has 1 amide bonds. The lowest BCUT2D eigenvalue weighted by atomic mass is 9.95. The molecule has 0 aliphatic carbocycles. The predicted molar refractivity (Wildman–Crippen MR) is 118 cm³/mol. The number of hydrogen-bond acceptors (Lipinski definition) is 7. The molecule has 0 radical (unpaired) electrons. The lowest BCUT2D eigenvalue weighted by molar-refractivity contribution is -0.132. The Bertz CT molecular complexity index is 1180. The van der Waals surface area contributed by atoms with E-state index in [0.717, 1.165) is 0 Å². The summed E-state index contributed by atoms with van der Waals surface area (Å²) in [6.45, 7) is 0. The second-order valence-electron chi connectivity index (χ2n) is 6.61. The summed E-state index contributed by atoms with van der Waals surface area (Å²) in [7, 11) is 3.01. The molecule has 1 saturated heterocycles. The van der Waals surface area contributed by atoms with Crippen LogP contribution in [0.1, 0.15) is 17.2 Å². The second-order valence-corrected chi connectivity index (χ2v) is 7.91. The molecule has 2 heterocycles. The molecular weight excluding hydrogens is 440 g/mol. The third-order valence-corrected chi connectivity index (χ3v) is 5.93. The third kappa shape index (κ3) is 3.64. The standard InChI is InChI=1S/C22H17ClN2O5S/c1-29-15-8-5-13(11-16(15)30-2)18-17(19(26)12-3-6-14(23)7-4-12)20(27)21(28)25(18)22-24-9-10-31-22/h3-11,18,26H,1-2H3/b19-17-. The van der Waals surface area contributed by atoms with E-state index in [1.165, 1.54) is 30.5 Å². The van der Waals surface area contributed by atoms with Crippen molar-refractivity contribution in [2.24, 2.45) is 0 Å². The van der Waals surface area contributed by atoms with Gasteiger partial charge in [0.2, 0.25) is 0 Å². The number of aliphatic hydroxyl groups excluding tert-OH is 1. The number of anilines is 1. The van der Waals surface area contributed by atoms with E-state index in [2.05, 4.69) is 4.98 Å². The zero-order valence-electron chi connectivity index (χ0n) is 16.5. The van der Waals surface area contributed by atoms with Crippen LogP contribution in [0.3, 0.4) is 0 Å². The second kappa shape index (κ2) is 8.41. The summed E-state index contributed by atoms with van der Waals surface area (Å²) in [5.41, 5.74) is 0.879. The van der Waals surface area contributed by atoms with Gasteiger partial charge in [-0.25, -0.2) is 4.98 Å². The van der Waals surface area contributed by atoms with Gasteiger partial charge >= 0.3 is 5.91 Å². The number of ketones is 1. The number of hydrogen-bond donors (Lipinski definition) is 1. The highest BCUT2D eigenvalue weighted by molar-refractivity contribution is 7.14. The lowest BCUT2D eigenvalue weighted by Crippen LogP contribution is -2.29. The molecule has 0 bridgehead atoms. The molecule has 0 saturated carbocycles. The molecule has 1 N–H and O–H groups in total. The molecule has 1 unspecified atom stereocenters. The van der Waals surface area contributed by atoms with Gasteiger partial charge in [-0.05, 0) is 42.0 Å². The van der Waals surface area contributed by atoms with Crippen LogP contribution in [0.15, 0.2) is 59.6 Å². The van der Waals surface area contributed by atoms with Gasteiger partial charge < -0.3 is 14.6 Å². The fourth-order valence-electron chi connectivity index (χ4n) is 3.47. The van der Waals surface area contributed by atoms with Gasteiger partial charge in [-0.2, -0.15) is 0 Å². The van der Waals surface area contributed by atoms with Crippen molar-refractivity contribution < 1.29 is 24.2 Å². The average molecular weight is 457 g/mol. The quantitative estimate of drug-likeness (QED) is 0.347. The van der Waals surface area contributed by atoms with E-state index in [1.807, 2.05) is 0 Å². The fraction of sp³-hybridized carbons (Fsp3) is 0.136. The van der Waals surface area contributed by atoms with Crippen LogP contribution in [-0.4, -0.2) is 36.0 Å². The summed E-state index contributed by atoms with van der Waals surface area (Å²) < 4.78 is 10.7. The number of aromatic nitrogens is 1. The Labute approximate surface area is 187 Å². The summed E-state index contributed by atoms with van der Waals surface area (Å²) >= 11 is 7.16. The number of halogens is 1. The van der Waals surface area contributed by atoms with Crippen LogP contribution in [-0.2, 0) is 9.59 Å². The summed E-state index contributed by atoms with van der Waals surface area (Å²) in [5.74, 6) is -0.951. The maximum absolute atomic E-state index is 13.0. The minimum atomic E-state index is -0.901. The molecule has 31 heavy (non-hydrogen) atoms.